The van der Waals surface area contributed by atoms with E-state index in [1.807, 2.05) is 17.0 Å². The Labute approximate surface area is 157 Å². The highest BCUT2D eigenvalue weighted by Gasteiger charge is 2.23. The van der Waals surface area contributed by atoms with Crippen molar-refractivity contribution >= 4 is 5.91 Å². The number of nitrogens with one attached hydrogen (secondary N) is 1. The maximum absolute atomic E-state index is 12.7. The Balaban J connectivity index is 1.45. The van der Waals surface area contributed by atoms with Crippen molar-refractivity contribution in [2.24, 2.45) is 5.92 Å². The van der Waals surface area contributed by atoms with Crippen LogP contribution in [0.15, 0.2) is 48.6 Å². The fourth-order valence-corrected chi connectivity index (χ4v) is 3.57. The van der Waals surface area contributed by atoms with Crippen LogP contribution in [-0.4, -0.2) is 54.5 Å². The van der Waals surface area contributed by atoms with Crippen LogP contribution in [-0.2, 0) is 6.54 Å². The molecule has 0 spiro atoms. The quantitative estimate of drug-likeness (QED) is 0.854. The Morgan fingerprint density at radius 2 is 1.85 bits per heavy atom. The van der Waals surface area contributed by atoms with Gasteiger partial charge in [-0.15, -0.1) is 0 Å². The van der Waals surface area contributed by atoms with Crippen LogP contribution in [0.25, 0.3) is 0 Å². The van der Waals surface area contributed by atoms with Crippen molar-refractivity contribution in [3.05, 3.63) is 59.7 Å². The minimum Gasteiger partial charge on any atom is -0.336 e. The van der Waals surface area contributed by atoms with E-state index in [9.17, 15) is 4.79 Å². The summed E-state index contributed by atoms with van der Waals surface area (Å²) >= 11 is 0. The smallest absolute Gasteiger partial charge is 0.253 e. The van der Waals surface area contributed by atoms with Gasteiger partial charge in [0.2, 0.25) is 0 Å². The summed E-state index contributed by atoms with van der Waals surface area (Å²) in [4.78, 5) is 17.1. The van der Waals surface area contributed by atoms with E-state index in [0.29, 0.717) is 12.0 Å². The molecule has 1 fully saturated rings. The maximum atomic E-state index is 12.7. The zero-order valence-corrected chi connectivity index (χ0v) is 16.0. The van der Waals surface area contributed by atoms with Crippen LogP contribution in [0, 0.1) is 5.92 Å². The number of amides is 1. The summed E-state index contributed by atoms with van der Waals surface area (Å²) in [6, 6.07) is 8.64. The molecule has 26 heavy (non-hydrogen) atoms. The standard InChI is InChI=1S/C22H31N3O/c1-18(2)24-12-14-25(15-13-24)22(26)21-10-8-20(9-11-21)17-23-16-19-6-4-3-5-7-19/h3-6,8-11,18-19,23H,7,12-17H2,1-2H3. The average molecular weight is 354 g/mol. The number of carbonyl (C=O) groups is 1. The first-order valence-corrected chi connectivity index (χ1v) is 9.80. The van der Waals surface area contributed by atoms with Gasteiger partial charge in [0.25, 0.3) is 5.91 Å². The molecule has 0 saturated carbocycles. The summed E-state index contributed by atoms with van der Waals surface area (Å²) in [5.74, 6) is 0.748. The highest BCUT2D eigenvalue weighted by molar-refractivity contribution is 5.94. The van der Waals surface area contributed by atoms with E-state index in [2.05, 4.69) is 60.5 Å². The van der Waals surface area contributed by atoms with Crippen molar-refractivity contribution in [1.82, 2.24) is 15.1 Å². The van der Waals surface area contributed by atoms with Crippen molar-refractivity contribution in [2.45, 2.75) is 32.9 Å². The summed E-state index contributed by atoms with van der Waals surface area (Å²) in [5.41, 5.74) is 2.02. The lowest BCUT2D eigenvalue weighted by molar-refractivity contribution is 0.0595. The number of rotatable bonds is 6. The minimum absolute atomic E-state index is 0.159. The number of hydrogen-bond acceptors (Lipinski definition) is 3. The number of carbonyl (C=O) groups excluding carboxylic acids is 1. The van der Waals surface area contributed by atoms with Gasteiger partial charge in [-0.3, -0.25) is 9.69 Å². The number of allylic oxidation sites excluding steroid dienone is 3. The Bertz CT molecular complexity index is 640. The molecule has 1 aliphatic heterocycles. The van der Waals surface area contributed by atoms with Crippen LogP contribution in [0.3, 0.4) is 0 Å². The zero-order valence-electron chi connectivity index (χ0n) is 16.0. The van der Waals surface area contributed by atoms with Gasteiger partial charge in [0.05, 0.1) is 0 Å². The van der Waals surface area contributed by atoms with Crippen molar-refractivity contribution in [2.75, 3.05) is 32.7 Å². The van der Waals surface area contributed by atoms with Crippen LogP contribution in [0.5, 0.6) is 0 Å². The van der Waals surface area contributed by atoms with Gasteiger partial charge in [-0.1, -0.05) is 36.4 Å². The van der Waals surface area contributed by atoms with E-state index in [-0.39, 0.29) is 5.91 Å². The predicted molar refractivity (Wildman–Crippen MR) is 107 cm³/mol. The third kappa shape index (κ3) is 5.05. The molecule has 0 bridgehead atoms. The second kappa shape index (κ2) is 9.15. The molecule has 0 aromatic heterocycles. The first kappa shape index (κ1) is 18.9. The van der Waals surface area contributed by atoms with Crippen LogP contribution >= 0.6 is 0 Å². The van der Waals surface area contributed by atoms with Crippen LogP contribution in [0.1, 0.15) is 36.2 Å². The van der Waals surface area contributed by atoms with E-state index in [4.69, 9.17) is 0 Å². The lowest BCUT2D eigenvalue weighted by Crippen LogP contribution is -2.50. The topological polar surface area (TPSA) is 35.6 Å². The SMILES string of the molecule is CC(C)N1CCN(C(=O)c2ccc(CNCC3C=CC=CC3)cc2)CC1. The van der Waals surface area contributed by atoms with Crippen LogP contribution in [0.4, 0.5) is 0 Å². The van der Waals surface area contributed by atoms with E-state index in [1.165, 1.54) is 5.56 Å². The summed E-state index contributed by atoms with van der Waals surface area (Å²) in [6.07, 6.45) is 9.81. The van der Waals surface area contributed by atoms with Gasteiger partial charge in [0, 0.05) is 50.9 Å². The normalized spacial score (nSPS) is 20.7. The Hall–Kier alpha value is -1.91. The molecule has 3 rings (SSSR count). The molecule has 1 N–H and O–H groups in total. The molecule has 1 heterocycles. The molecular weight excluding hydrogens is 322 g/mol. The fraction of sp³-hybridized carbons (Fsp3) is 0.500. The van der Waals surface area contributed by atoms with Crippen molar-refractivity contribution < 1.29 is 4.79 Å². The number of hydrogen-bond donors (Lipinski definition) is 1. The van der Waals surface area contributed by atoms with Gasteiger partial charge in [-0.2, -0.15) is 0 Å². The molecule has 1 aromatic rings. The first-order chi connectivity index (χ1) is 12.6. The third-order valence-corrected chi connectivity index (χ3v) is 5.34. The van der Waals surface area contributed by atoms with Crippen LogP contribution in [0.2, 0.25) is 0 Å². The Morgan fingerprint density at radius 3 is 2.46 bits per heavy atom. The molecule has 1 saturated heterocycles. The lowest BCUT2D eigenvalue weighted by atomic mass is 10.0. The van der Waals surface area contributed by atoms with Gasteiger partial charge in [0.15, 0.2) is 0 Å². The molecular formula is C22H31N3O. The van der Waals surface area contributed by atoms with Gasteiger partial charge in [0.1, 0.15) is 0 Å². The lowest BCUT2D eigenvalue weighted by Gasteiger charge is -2.37. The molecule has 1 aliphatic carbocycles. The average Bonchev–Trinajstić information content (AvgIpc) is 2.69. The Morgan fingerprint density at radius 1 is 1.12 bits per heavy atom. The zero-order chi connectivity index (χ0) is 18.4. The van der Waals surface area contributed by atoms with Crippen molar-refractivity contribution in [3.63, 3.8) is 0 Å². The summed E-state index contributed by atoms with van der Waals surface area (Å²) in [5, 5.41) is 3.51. The minimum atomic E-state index is 0.159. The molecule has 1 unspecified atom stereocenters. The van der Waals surface area contributed by atoms with E-state index < -0.39 is 0 Å². The monoisotopic (exact) mass is 353 g/mol. The fourth-order valence-electron chi connectivity index (χ4n) is 3.57. The largest absolute Gasteiger partial charge is 0.336 e. The van der Waals surface area contributed by atoms with Gasteiger partial charge >= 0.3 is 0 Å². The molecule has 1 atom stereocenters. The highest BCUT2D eigenvalue weighted by atomic mass is 16.2. The van der Waals surface area contributed by atoms with Gasteiger partial charge in [-0.25, -0.2) is 0 Å². The second-order valence-corrected chi connectivity index (χ2v) is 7.56. The Kier molecular flexibility index (Phi) is 6.64. The van der Waals surface area contributed by atoms with Gasteiger partial charge in [-0.05, 0) is 43.9 Å². The summed E-state index contributed by atoms with van der Waals surface area (Å²) in [6.45, 7) is 9.84. The molecule has 4 nitrogen and oxygen atoms in total. The first-order valence-electron chi connectivity index (χ1n) is 9.80. The maximum Gasteiger partial charge on any atom is 0.253 e. The van der Waals surface area contributed by atoms with Gasteiger partial charge < -0.3 is 10.2 Å². The van der Waals surface area contributed by atoms with Crippen molar-refractivity contribution in [1.29, 1.82) is 0 Å². The van der Waals surface area contributed by atoms with Crippen molar-refractivity contribution in [3.8, 4) is 0 Å². The second-order valence-electron chi connectivity index (χ2n) is 7.56. The highest BCUT2D eigenvalue weighted by Crippen LogP contribution is 2.13. The molecule has 1 aromatic carbocycles. The van der Waals surface area contributed by atoms with E-state index >= 15 is 0 Å². The third-order valence-electron chi connectivity index (χ3n) is 5.34. The van der Waals surface area contributed by atoms with Crippen LogP contribution < -0.4 is 5.32 Å². The predicted octanol–water partition coefficient (Wildman–Crippen LogP) is 3.07. The number of benzene rings is 1. The molecule has 0 radical (unpaired) electrons. The van der Waals surface area contributed by atoms with E-state index in [1.54, 1.807) is 0 Å². The summed E-state index contributed by atoms with van der Waals surface area (Å²) in [7, 11) is 0. The molecule has 140 valence electrons. The van der Waals surface area contributed by atoms with E-state index in [0.717, 1.165) is 51.3 Å². The molecule has 1 amide bonds. The number of piperazine rings is 1. The summed E-state index contributed by atoms with van der Waals surface area (Å²) < 4.78 is 0. The molecule has 2 aliphatic rings. The molecule has 4 heteroatoms. The number of nitrogens with zero attached hydrogens (tertiary/aromatic N) is 2.